The van der Waals surface area contributed by atoms with Crippen molar-refractivity contribution in [1.29, 1.82) is 0 Å². The van der Waals surface area contributed by atoms with Gasteiger partial charge < -0.3 is 0 Å². The number of hydrogen-bond donors (Lipinski definition) is 2. The van der Waals surface area contributed by atoms with Crippen molar-refractivity contribution in [2.45, 2.75) is 39.3 Å². The first-order valence-corrected chi connectivity index (χ1v) is 14.2. The number of likely N-dealkylation sites (tertiary alicyclic amines) is 1. The second kappa shape index (κ2) is 11.9. The molecule has 1 saturated heterocycles. The van der Waals surface area contributed by atoms with Crippen LogP contribution in [-0.4, -0.2) is 60.8 Å². The molecule has 0 saturated carbocycles. The van der Waals surface area contributed by atoms with E-state index in [0.717, 1.165) is 59.4 Å². The first-order chi connectivity index (χ1) is 20.4. The number of aliphatic imine (C=N–C) groups is 2. The summed E-state index contributed by atoms with van der Waals surface area (Å²) in [5.41, 5.74) is 9.41. The van der Waals surface area contributed by atoms with E-state index in [4.69, 9.17) is 4.99 Å². The minimum absolute atomic E-state index is 0.194. The molecule has 0 spiro atoms. The van der Waals surface area contributed by atoms with Gasteiger partial charge in [0, 0.05) is 55.1 Å². The maximum atomic E-state index is 4.94. The summed E-state index contributed by atoms with van der Waals surface area (Å²) in [6, 6.07) is 25.0. The lowest BCUT2D eigenvalue weighted by Crippen LogP contribution is -2.44. The van der Waals surface area contributed by atoms with Gasteiger partial charge in [-0.05, 0) is 44.0 Å². The Bertz CT molecular complexity index is 1630. The van der Waals surface area contributed by atoms with Crippen molar-refractivity contribution >= 4 is 17.1 Å². The number of nitrogens with zero attached hydrogens (tertiary/aromatic N) is 7. The summed E-state index contributed by atoms with van der Waals surface area (Å²) in [5, 5.41) is 9.32. The van der Waals surface area contributed by atoms with E-state index in [0.29, 0.717) is 17.6 Å². The summed E-state index contributed by atoms with van der Waals surface area (Å²) in [4.78, 5) is 21.0. The number of aromatic nitrogens is 4. The van der Waals surface area contributed by atoms with E-state index in [9.17, 15) is 0 Å². The highest BCUT2D eigenvalue weighted by Crippen LogP contribution is 2.29. The first kappa shape index (κ1) is 27.3. The van der Waals surface area contributed by atoms with Crippen LogP contribution in [0.1, 0.15) is 49.2 Å². The lowest BCUT2D eigenvalue weighted by Gasteiger charge is -2.38. The number of hydrogen-bond acceptors (Lipinski definition) is 7. The van der Waals surface area contributed by atoms with Gasteiger partial charge in [0.2, 0.25) is 0 Å². The van der Waals surface area contributed by atoms with Crippen LogP contribution < -0.4 is 5.43 Å². The van der Waals surface area contributed by atoms with Crippen molar-refractivity contribution in [3.8, 4) is 11.5 Å². The third-order valence-electron chi connectivity index (χ3n) is 7.23. The maximum absolute atomic E-state index is 4.94. The van der Waals surface area contributed by atoms with Gasteiger partial charge in [0.25, 0.3) is 0 Å². The van der Waals surface area contributed by atoms with Crippen LogP contribution in [0.4, 0.5) is 0 Å². The van der Waals surface area contributed by atoms with E-state index < -0.39 is 0 Å². The third kappa shape index (κ3) is 6.06. The van der Waals surface area contributed by atoms with Gasteiger partial charge in [-0.2, -0.15) is 5.10 Å². The Balaban J connectivity index is 1.13. The van der Waals surface area contributed by atoms with Gasteiger partial charge in [0.05, 0.1) is 5.71 Å². The molecule has 2 aromatic heterocycles. The highest BCUT2D eigenvalue weighted by molar-refractivity contribution is 6.32. The smallest absolute Gasteiger partial charge is 0.199 e. The summed E-state index contributed by atoms with van der Waals surface area (Å²) in [7, 11) is 0. The van der Waals surface area contributed by atoms with Crippen LogP contribution in [0.3, 0.4) is 0 Å². The Hall–Kier alpha value is -4.89. The van der Waals surface area contributed by atoms with Crippen LogP contribution in [0, 0.1) is 0 Å². The zero-order valence-electron chi connectivity index (χ0n) is 24.2. The standard InChI is InChI=1S/C33H35N9/c1-22(2)35-23(3)40-42-21-29(26-10-6-5-7-11-26)31(36-24(42)4)27-15-13-25(14-16-27)18-41-19-28(20-41)32-37-33(39-38-32)30-12-8-9-17-34-30/h5-17,21-22,28H,4,18-20H2,1-3H3,(H,35,40)(H,37,38,39). The van der Waals surface area contributed by atoms with Crippen molar-refractivity contribution < 1.29 is 0 Å². The molecule has 0 aliphatic carbocycles. The predicted molar refractivity (Wildman–Crippen MR) is 167 cm³/mol. The molecular weight excluding hydrogens is 522 g/mol. The minimum Gasteiger partial charge on any atom is -0.298 e. The third-order valence-corrected chi connectivity index (χ3v) is 7.23. The average molecular weight is 558 g/mol. The Labute approximate surface area is 246 Å². The number of benzene rings is 2. The van der Waals surface area contributed by atoms with E-state index in [1.54, 1.807) is 6.20 Å². The molecule has 2 aliphatic rings. The molecule has 4 aromatic rings. The van der Waals surface area contributed by atoms with Crippen molar-refractivity contribution in [2.24, 2.45) is 9.98 Å². The maximum Gasteiger partial charge on any atom is 0.199 e. The number of allylic oxidation sites excluding steroid dienone is 1. The molecule has 9 heteroatoms. The Morgan fingerprint density at radius 1 is 1.02 bits per heavy atom. The molecule has 212 valence electrons. The predicted octanol–water partition coefficient (Wildman–Crippen LogP) is 5.41. The highest BCUT2D eigenvalue weighted by Gasteiger charge is 2.31. The van der Waals surface area contributed by atoms with Gasteiger partial charge in [-0.1, -0.05) is 67.2 Å². The minimum atomic E-state index is 0.194. The molecule has 4 heterocycles. The molecule has 2 N–H and O–H groups in total. The average Bonchev–Trinajstić information content (AvgIpc) is 3.46. The summed E-state index contributed by atoms with van der Waals surface area (Å²) < 4.78 is 0. The number of hydrazine groups is 1. The second-order valence-electron chi connectivity index (χ2n) is 10.9. The fourth-order valence-electron chi connectivity index (χ4n) is 5.21. The van der Waals surface area contributed by atoms with Crippen molar-refractivity contribution in [3.05, 3.63) is 120 Å². The Kier molecular flexibility index (Phi) is 7.74. The van der Waals surface area contributed by atoms with Gasteiger partial charge in [-0.15, -0.1) is 0 Å². The van der Waals surface area contributed by atoms with E-state index in [2.05, 4.69) is 98.5 Å². The number of pyridine rings is 1. The summed E-state index contributed by atoms with van der Waals surface area (Å²) in [5.74, 6) is 3.34. The summed E-state index contributed by atoms with van der Waals surface area (Å²) in [6.07, 6.45) is 3.81. The van der Waals surface area contributed by atoms with Gasteiger partial charge >= 0.3 is 0 Å². The van der Waals surface area contributed by atoms with E-state index in [1.165, 1.54) is 5.56 Å². The Morgan fingerprint density at radius 2 is 1.79 bits per heavy atom. The number of amidine groups is 1. The molecule has 1 fully saturated rings. The molecule has 0 unspecified atom stereocenters. The molecule has 6 rings (SSSR count). The summed E-state index contributed by atoms with van der Waals surface area (Å²) in [6.45, 7) is 13.0. The summed E-state index contributed by atoms with van der Waals surface area (Å²) >= 11 is 0. The van der Waals surface area contributed by atoms with Crippen LogP contribution >= 0.6 is 0 Å². The molecule has 0 bridgehead atoms. The van der Waals surface area contributed by atoms with Gasteiger partial charge in [-0.25, -0.2) is 15.0 Å². The fourth-order valence-corrected chi connectivity index (χ4v) is 5.21. The number of rotatable bonds is 8. The highest BCUT2D eigenvalue weighted by atomic mass is 15.5. The number of aromatic amines is 1. The van der Waals surface area contributed by atoms with Crippen molar-refractivity contribution in [3.63, 3.8) is 0 Å². The molecule has 2 aromatic carbocycles. The SMILES string of the molecule is C=C1N=C(c2ccc(CN3CC(c4nc(-c5ccccn5)n[nH]4)C3)cc2)C(c2ccccc2)=CN1NC(C)=NC(C)C. The quantitative estimate of drug-likeness (QED) is 0.222. The normalized spacial score (nSPS) is 16.3. The zero-order valence-corrected chi connectivity index (χ0v) is 24.2. The van der Waals surface area contributed by atoms with E-state index in [-0.39, 0.29) is 6.04 Å². The van der Waals surface area contributed by atoms with Gasteiger partial charge in [0.1, 0.15) is 23.2 Å². The monoisotopic (exact) mass is 557 g/mol. The molecule has 9 nitrogen and oxygen atoms in total. The van der Waals surface area contributed by atoms with Crippen molar-refractivity contribution in [1.82, 2.24) is 35.5 Å². The van der Waals surface area contributed by atoms with Crippen LogP contribution in [0.5, 0.6) is 0 Å². The van der Waals surface area contributed by atoms with Crippen LogP contribution in [0.25, 0.3) is 17.1 Å². The molecule has 0 amide bonds. The van der Waals surface area contributed by atoms with Gasteiger partial charge in [-0.3, -0.25) is 25.4 Å². The largest absolute Gasteiger partial charge is 0.298 e. The molecule has 0 atom stereocenters. The van der Waals surface area contributed by atoms with Crippen LogP contribution in [-0.2, 0) is 6.54 Å². The van der Waals surface area contributed by atoms with Gasteiger partial charge in [0.15, 0.2) is 5.82 Å². The molecule has 0 radical (unpaired) electrons. The fraction of sp³-hybridized carbons (Fsp3) is 0.242. The number of nitrogens with one attached hydrogen (secondary N) is 2. The second-order valence-corrected chi connectivity index (χ2v) is 10.9. The lowest BCUT2D eigenvalue weighted by atomic mass is 9.94. The topological polar surface area (TPSA) is 97.7 Å². The van der Waals surface area contributed by atoms with Crippen LogP contribution in [0.2, 0.25) is 0 Å². The molecule has 42 heavy (non-hydrogen) atoms. The molecular formula is C33H35N9. The van der Waals surface area contributed by atoms with E-state index in [1.807, 2.05) is 48.3 Å². The first-order valence-electron chi connectivity index (χ1n) is 14.2. The lowest BCUT2D eigenvalue weighted by molar-refractivity contribution is 0.135. The van der Waals surface area contributed by atoms with Crippen molar-refractivity contribution in [2.75, 3.05) is 13.1 Å². The Morgan fingerprint density at radius 3 is 2.50 bits per heavy atom. The van der Waals surface area contributed by atoms with E-state index >= 15 is 0 Å². The molecule has 2 aliphatic heterocycles. The zero-order chi connectivity index (χ0) is 29.1. The van der Waals surface area contributed by atoms with Crippen LogP contribution in [0.15, 0.2) is 108 Å². The number of H-pyrrole nitrogens is 1.